The normalized spacial score (nSPS) is 20.4. The molecule has 2 aliphatic rings. The molecule has 1 fully saturated rings. The van der Waals surface area contributed by atoms with E-state index in [2.05, 4.69) is 10.0 Å². The lowest BCUT2D eigenvalue weighted by Crippen LogP contribution is -2.52. The van der Waals surface area contributed by atoms with E-state index in [9.17, 15) is 9.59 Å². The predicted molar refractivity (Wildman–Crippen MR) is 112 cm³/mol. The second kappa shape index (κ2) is 8.51. The molecular formula is C21H26N4O3S. The average Bonchev–Trinajstić information content (AvgIpc) is 3.48. The highest BCUT2D eigenvalue weighted by atomic mass is 32.1. The van der Waals surface area contributed by atoms with E-state index in [1.165, 1.54) is 0 Å². The van der Waals surface area contributed by atoms with Crippen LogP contribution in [0.3, 0.4) is 0 Å². The molecule has 0 aliphatic carbocycles. The summed E-state index contributed by atoms with van der Waals surface area (Å²) in [6, 6.07) is 7.55. The third-order valence-electron chi connectivity index (χ3n) is 5.38. The van der Waals surface area contributed by atoms with Crippen molar-refractivity contribution in [2.24, 2.45) is 11.0 Å². The van der Waals surface area contributed by atoms with Crippen molar-refractivity contribution >= 4 is 28.9 Å². The molecular weight excluding hydrogens is 388 g/mol. The van der Waals surface area contributed by atoms with Crippen molar-refractivity contribution in [2.75, 3.05) is 32.7 Å². The smallest absolute Gasteiger partial charge is 0.257 e. The predicted octanol–water partition coefficient (Wildman–Crippen LogP) is 2.82. The van der Waals surface area contributed by atoms with Crippen LogP contribution in [0.1, 0.15) is 36.9 Å². The number of amides is 2. The molecule has 0 bridgehead atoms. The van der Waals surface area contributed by atoms with Crippen LogP contribution in [0.5, 0.6) is 0 Å². The van der Waals surface area contributed by atoms with Crippen LogP contribution in [0, 0.1) is 5.92 Å². The van der Waals surface area contributed by atoms with Gasteiger partial charge in [-0.2, -0.15) is 5.10 Å². The van der Waals surface area contributed by atoms with E-state index in [0.717, 1.165) is 16.3 Å². The SMILES string of the molecule is CC(C)C(=O)N1CCN(CC(=O)N2N=C(c3cccs3)CC2c2ccco2)CC1. The van der Waals surface area contributed by atoms with Gasteiger partial charge in [-0.25, -0.2) is 5.01 Å². The Kier molecular flexibility index (Phi) is 5.82. The van der Waals surface area contributed by atoms with Crippen LogP contribution >= 0.6 is 11.3 Å². The number of carbonyl (C=O) groups is 2. The number of carbonyl (C=O) groups excluding carboxylic acids is 2. The van der Waals surface area contributed by atoms with Crippen molar-refractivity contribution in [3.05, 3.63) is 46.5 Å². The first-order chi connectivity index (χ1) is 14.0. The van der Waals surface area contributed by atoms with E-state index >= 15 is 0 Å². The van der Waals surface area contributed by atoms with Gasteiger partial charge in [0.05, 0.1) is 23.4 Å². The largest absolute Gasteiger partial charge is 0.467 e. The Morgan fingerprint density at radius 3 is 2.62 bits per heavy atom. The van der Waals surface area contributed by atoms with Crippen molar-refractivity contribution in [3.8, 4) is 0 Å². The summed E-state index contributed by atoms with van der Waals surface area (Å²) in [6.07, 6.45) is 2.28. The fraction of sp³-hybridized carbons (Fsp3) is 0.476. The highest BCUT2D eigenvalue weighted by molar-refractivity contribution is 7.12. The molecule has 2 aromatic rings. The topological polar surface area (TPSA) is 69.4 Å². The van der Waals surface area contributed by atoms with E-state index in [0.29, 0.717) is 39.1 Å². The lowest BCUT2D eigenvalue weighted by molar-refractivity contribution is -0.138. The first-order valence-corrected chi connectivity index (χ1v) is 10.9. The van der Waals surface area contributed by atoms with Crippen molar-refractivity contribution < 1.29 is 14.0 Å². The van der Waals surface area contributed by atoms with Crippen LogP contribution in [0.15, 0.2) is 45.4 Å². The van der Waals surface area contributed by atoms with Gasteiger partial charge in [-0.05, 0) is 23.6 Å². The van der Waals surface area contributed by atoms with E-state index < -0.39 is 0 Å². The van der Waals surface area contributed by atoms with Crippen LogP contribution in [-0.4, -0.2) is 65.1 Å². The van der Waals surface area contributed by atoms with Crippen LogP contribution in [0.25, 0.3) is 0 Å². The number of hydrogen-bond donors (Lipinski definition) is 0. The number of hydrazone groups is 1. The van der Waals surface area contributed by atoms with Crippen LogP contribution in [-0.2, 0) is 9.59 Å². The van der Waals surface area contributed by atoms with Gasteiger partial charge in [0.2, 0.25) is 5.91 Å². The quantitative estimate of drug-likeness (QED) is 0.754. The maximum absolute atomic E-state index is 13.1. The minimum absolute atomic E-state index is 0.00634. The lowest BCUT2D eigenvalue weighted by Gasteiger charge is -2.35. The zero-order valence-corrected chi connectivity index (χ0v) is 17.6. The van der Waals surface area contributed by atoms with Crippen LogP contribution < -0.4 is 0 Å². The molecule has 0 spiro atoms. The van der Waals surface area contributed by atoms with Crippen molar-refractivity contribution in [1.29, 1.82) is 0 Å². The molecule has 7 nitrogen and oxygen atoms in total. The van der Waals surface area contributed by atoms with Crippen molar-refractivity contribution in [2.45, 2.75) is 26.3 Å². The average molecular weight is 415 g/mol. The Morgan fingerprint density at radius 1 is 1.21 bits per heavy atom. The minimum atomic E-state index is -0.210. The molecule has 154 valence electrons. The van der Waals surface area contributed by atoms with Gasteiger partial charge in [-0.3, -0.25) is 14.5 Å². The van der Waals surface area contributed by atoms with E-state index in [-0.39, 0.29) is 23.8 Å². The molecule has 0 aromatic carbocycles. The third-order valence-corrected chi connectivity index (χ3v) is 6.30. The highest BCUT2D eigenvalue weighted by Crippen LogP contribution is 2.34. The summed E-state index contributed by atoms with van der Waals surface area (Å²) >= 11 is 1.63. The summed E-state index contributed by atoms with van der Waals surface area (Å²) in [5.74, 6) is 0.896. The number of piperazine rings is 1. The Hall–Kier alpha value is -2.45. The van der Waals surface area contributed by atoms with Crippen molar-refractivity contribution in [1.82, 2.24) is 14.8 Å². The molecule has 0 N–H and O–H groups in total. The Bertz CT molecular complexity index is 868. The second-order valence-electron chi connectivity index (χ2n) is 7.75. The zero-order valence-electron chi connectivity index (χ0n) is 16.8. The van der Waals surface area contributed by atoms with Gasteiger partial charge < -0.3 is 9.32 Å². The van der Waals surface area contributed by atoms with Gasteiger partial charge in [-0.15, -0.1) is 11.3 Å². The maximum atomic E-state index is 13.1. The molecule has 4 rings (SSSR count). The molecule has 1 unspecified atom stereocenters. The molecule has 4 heterocycles. The number of furan rings is 1. The summed E-state index contributed by atoms with van der Waals surface area (Å²) in [6.45, 7) is 6.86. The second-order valence-corrected chi connectivity index (χ2v) is 8.70. The number of nitrogens with zero attached hydrogens (tertiary/aromatic N) is 4. The Balaban J connectivity index is 1.43. The van der Waals surface area contributed by atoms with Crippen LogP contribution in [0.4, 0.5) is 0 Å². The molecule has 8 heteroatoms. The monoisotopic (exact) mass is 414 g/mol. The van der Waals surface area contributed by atoms with E-state index in [1.54, 1.807) is 22.6 Å². The molecule has 1 atom stereocenters. The number of thiophene rings is 1. The standard InChI is InChI=1S/C21H26N4O3S/c1-15(2)21(27)24-9-7-23(8-10-24)14-20(26)25-17(18-5-3-11-28-18)13-16(22-25)19-6-4-12-29-19/h3-6,11-12,15,17H,7-10,13-14H2,1-2H3. The molecule has 2 amide bonds. The first-order valence-electron chi connectivity index (χ1n) is 10.0. The first kappa shape index (κ1) is 19.8. The third kappa shape index (κ3) is 4.28. The molecule has 2 aromatic heterocycles. The minimum Gasteiger partial charge on any atom is -0.467 e. The van der Waals surface area contributed by atoms with Gasteiger partial charge in [0.25, 0.3) is 5.91 Å². The maximum Gasteiger partial charge on any atom is 0.257 e. The molecule has 1 saturated heterocycles. The molecule has 0 radical (unpaired) electrons. The highest BCUT2D eigenvalue weighted by Gasteiger charge is 2.36. The zero-order chi connectivity index (χ0) is 20.4. The lowest BCUT2D eigenvalue weighted by atomic mass is 10.1. The summed E-state index contributed by atoms with van der Waals surface area (Å²) in [4.78, 5) is 30.4. The van der Waals surface area contributed by atoms with Gasteiger partial charge in [-0.1, -0.05) is 19.9 Å². The summed E-state index contributed by atoms with van der Waals surface area (Å²) in [7, 11) is 0. The van der Waals surface area contributed by atoms with Crippen molar-refractivity contribution in [3.63, 3.8) is 0 Å². The van der Waals surface area contributed by atoms with Crippen LogP contribution in [0.2, 0.25) is 0 Å². The number of hydrogen-bond acceptors (Lipinski definition) is 6. The summed E-state index contributed by atoms with van der Waals surface area (Å²) < 4.78 is 5.59. The molecule has 0 saturated carbocycles. The van der Waals surface area contributed by atoms with Gasteiger partial charge in [0, 0.05) is 38.5 Å². The van der Waals surface area contributed by atoms with Gasteiger partial charge >= 0.3 is 0 Å². The molecule has 2 aliphatic heterocycles. The van der Waals surface area contributed by atoms with E-state index in [4.69, 9.17) is 4.42 Å². The van der Waals surface area contributed by atoms with Gasteiger partial charge in [0.15, 0.2) is 0 Å². The fourth-order valence-electron chi connectivity index (χ4n) is 3.79. The Morgan fingerprint density at radius 2 is 2.00 bits per heavy atom. The fourth-order valence-corrected chi connectivity index (χ4v) is 4.51. The Labute approximate surface area is 174 Å². The van der Waals surface area contributed by atoms with E-state index in [1.807, 2.05) is 48.4 Å². The summed E-state index contributed by atoms with van der Waals surface area (Å²) in [5.41, 5.74) is 0.919. The summed E-state index contributed by atoms with van der Waals surface area (Å²) in [5, 5.41) is 8.26. The number of rotatable bonds is 5. The van der Waals surface area contributed by atoms with Gasteiger partial charge in [0.1, 0.15) is 11.8 Å². The molecule has 29 heavy (non-hydrogen) atoms.